The van der Waals surface area contributed by atoms with Crippen LogP contribution in [0.3, 0.4) is 0 Å². The summed E-state index contributed by atoms with van der Waals surface area (Å²) in [4.78, 5) is 17.1. The molecule has 1 amide bonds. The molecule has 2 rings (SSSR count). The Morgan fingerprint density at radius 1 is 1.29 bits per heavy atom. The van der Waals surface area contributed by atoms with Gasteiger partial charge >= 0.3 is 0 Å². The van der Waals surface area contributed by atoms with Crippen LogP contribution in [0.15, 0.2) is 0 Å². The number of carbonyl (C=O) groups is 1. The first-order valence-electron chi connectivity index (χ1n) is 7.31. The van der Waals surface area contributed by atoms with E-state index in [-0.39, 0.29) is 30.7 Å². The van der Waals surface area contributed by atoms with Gasteiger partial charge in [-0.3, -0.25) is 4.79 Å². The summed E-state index contributed by atoms with van der Waals surface area (Å²) in [6.45, 7) is 3.45. The molecule has 21 heavy (non-hydrogen) atoms. The molecule has 0 radical (unpaired) electrons. The lowest BCUT2D eigenvalue weighted by Gasteiger charge is -2.42. The van der Waals surface area contributed by atoms with Crippen molar-refractivity contribution in [1.29, 1.82) is 0 Å². The molecule has 2 aliphatic heterocycles. The Morgan fingerprint density at radius 2 is 1.90 bits per heavy atom. The second kappa shape index (κ2) is 9.16. The smallest absolute Gasteiger partial charge is 0.254 e. The van der Waals surface area contributed by atoms with Crippen molar-refractivity contribution in [3.05, 3.63) is 0 Å². The minimum Gasteiger partial charge on any atom is -0.368 e. The number of nitrogens with one attached hydrogen (secondary N) is 1. The fourth-order valence-corrected chi connectivity index (χ4v) is 3.18. The highest BCUT2D eigenvalue weighted by atomic mass is 35.5. The predicted octanol–water partition coefficient (Wildman–Crippen LogP) is 1.15. The Kier molecular flexibility index (Phi) is 9.12. The van der Waals surface area contributed by atoms with E-state index in [0.29, 0.717) is 6.04 Å². The van der Waals surface area contributed by atoms with E-state index in [1.165, 1.54) is 6.42 Å². The van der Waals surface area contributed by atoms with Crippen molar-refractivity contribution in [2.24, 2.45) is 0 Å². The number of halogens is 2. The predicted molar refractivity (Wildman–Crippen MR) is 89.6 cm³/mol. The number of rotatable bonds is 3. The fourth-order valence-electron chi connectivity index (χ4n) is 3.18. The summed E-state index contributed by atoms with van der Waals surface area (Å²) in [7, 11) is 5.86. The van der Waals surface area contributed by atoms with Gasteiger partial charge in [0.2, 0.25) is 0 Å². The molecule has 0 spiro atoms. The lowest BCUT2D eigenvalue weighted by Crippen LogP contribution is -2.58. The third-order valence-electron chi connectivity index (χ3n) is 4.61. The third-order valence-corrected chi connectivity index (χ3v) is 4.61. The molecular weight excluding hydrogens is 313 g/mol. The molecular formula is C14H29Cl2N3O2. The zero-order valence-corrected chi connectivity index (χ0v) is 14.9. The summed E-state index contributed by atoms with van der Waals surface area (Å²) < 4.78 is 5.64. The quantitative estimate of drug-likeness (QED) is 0.836. The molecule has 1 unspecified atom stereocenters. The minimum absolute atomic E-state index is 0. The number of carbonyl (C=O) groups excluding carboxylic acids is 1. The van der Waals surface area contributed by atoms with Crippen LogP contribution in [0.1, 0.15) is 25.7 Å². The topological polar surface area (TPSA) is 44.8 Å². The van der Waals surface area contributed by atoms with Crippen molar-refractivity contribution < 1.29 is 9.53 Å². The second-order valence-electron chi connectivity index (χ2n) is 5.96. The molecule has 126 valence electrons. The number of hydrogen-bond donors (Lipinski definition) is 1. The molecule has 0 aromatic heterocycles. The van der Waals surface area contributed by atoms with Crippen LogP contribution in [0.25, 0.3) is 0 Å². The number of piperidine rings is 2. The van der Waals surface area contributed by atoms with Crippen LogP contribution in [0.2, 0.25) is 0 Å². The number of likely N-dealkylation sites (tertiary alicyclic amines) is 1. The van der Waals surface area contributed by atoms with Gasteiger partial charge in [0, 0.05) is 26.2 Å². The highest BCUT2D eigenvalue weighted by molar-refractivity contribution is 5.86. The van der Waals surface area contributed by atoms with E-state index < -0.39 is 5.60 Å². The molecule has 1 N–H and O–H groups in total. The van der Waals surface area contributed by atoms with Crippen molar-refractivity contribution in [3.63, 3.8) is 0 Å². The molecule has 0 aromatic rings. The number of likely N-dealkylation sites (N-methyl/N-ethyl adjacent to an activating group) is 1. The van der Waals surface area contributed by atoms with Crippen molar-refractivity contribution in [1.82, 2.24) is 15.1 Å². The van der Waals surface area contributed by atoms with Crippen molar-refractivity contribution in [2.75, 3.05) is 47.4 Å². The minimum atomic E-state index is -0.584. The van der Waals surface area contributed by atoms with Gasteiger partial charge in [-0.15, -0.1) is 24.8 Å². The molecule has 2 fully saturated rings. The molecule has 2 saturated heterocycles. The van der Waals surface area contributed by atoms with Crippen LogP contribution in [-0.4, -0.2) is 74.7 Å². The van der Waals surface area contributed by atoms with E-state index in [1.54, 1.807) is 7.11 Å². The van der Waals surface area contributed by atoms with Crippen molar-refractivity contribution in [2.45, 2.75) is 37.3 Å². The first-order chi connectivity index (χ1) is 9.09. The largest absolute Gasteiger partial charge is 0.368 e. The molecule has 0 bridgehead atoms. The summed E-state index contributed by atoms with van der Waals surface area (Å²) in [6, 6.07) is 0.480. The zero-order valence-electron chi connectivity index (χ0n) is 13.3. The van der Waals surface area contributed by atoms with Gasteiger partial charge in [0.1, 0.15) is 5.60 Å². The van der Waals surface area contributed by atoms with Crippen LogP contribution < -0.4 is 5.32 Å². The lowest BCUT2D eigenvalue weighted by atomic mass is 9.89. The number of hydrogen-bond acceptors (Lipinski definition) is 4. The van der Waals surface area contributed by atoms with Gasteiger partial charge in [-0.25, -0.2) is 0 Å². The van der Waals surface area contributed by atoms with Crippen LogP contribution in [-0.2, 0) is 9.53 Å². The van der Waals surface area contributed by atoms with Crippen LogP contribution in [0.4, 0.5) is 0 Å². The average molecular weight is 342 g/mol. The van der Waals surface area contributed by atoms with Crippen LogP contribution in [0, 0.1) is 0 Å². The van der Waals surface area contributed by atoms with Gasteiger partial charge in [-0.05, 0) is 52.9 Å². The van der Waals surface area contributed by atoms with Crippen molar-refractivity contribution in [3.8, 4) is 0 Å². The van der Waals surface area contributed by atoms with Crippen molar-refractivity contribution >= 4 is 30.7 Å². The summed E-state index contributed by atoms with van der Waals surface area (Å²) >= 11 is 0. The monoisotopic (exact) mass is 341 g/mol. The second-order valence-corrected chi connectivity index (χ2v) is 5.96. The maximum absolute atomic E-state index is 12.8. The van der Waals surface area contributed by atoms with E-state index in [9.17, 15) is 4.79 Å². The van der Waals surface area contributed by atoms with E-state index in [1.807, 2.05) is 4.90 Å². The molecule has 0 saturated carbocycles. The molecule has 2 aliphatic rings. The number of ether oxygens (including phenoxy) is 1. The van der Waals surface area contributed by atoms with E-state index >= 15 is 0 Å². The average Bonchev–Trinajstić information content (AvgIpc) is 2.47. The molecule has 1 atom stereocenters. The number of amides is 1. The van der Waals surface area contributed by atoms with E-state index in [4.69, 9.17) is 4.74 Å². The summed E-state index contributed by atoms with van der Waals surface area (Å²) in [5.41, 5.74) is -0.584. The first-order valence-corrected chi connectivity index (χ1v) is 7.31. The number of nitrogens with zero attached hydrogens (tertiary/aromatic N) is 2. The standard InChI is InChI=1S/C14H27N3O2.2ClH/c1-16(2)12-5-4-10-17(11-12)13(18)14(19-3)6-8-15-9-7-14;;/h12,15H,4-11H2,1-3H3;2*1H. The van der Waals surface area contributed by atoms with Crippen LogP contribution in [0.5, 0.6) is 0 Å². The molecule has 7 heteroatoms. The normalized spacial score (nSPS) is 25.0. The molecule has 0 aromatic carbocycles. The lowest BCUT2D eigenvalue weighted by molar-refractivity contribution is -0.160. The highest BCUT2D eigenvalue weighted by Crippen LogP contribution is 2.27. The Morgan fingerprint density at radius 3 is 2.43 bits per heavy atom. The van der Waals surface area contributed by atoms with Gasteiger partial charge in [-0.1, -0.05) is 0 Å². The number of methoxy groups -OCH3 is 1. The summed E-state index contributed by atoms with van der Waals surface area (Å²) in [6.07, 6.45) is 3.84. The third kappa shape index (κ3) is 4.70. The Balaban J connectivity index is 0.00000200. The van der Waals surface area contributed by atoms with Crippen LogP contribution >= 0.6 is 24.8 Å². The highest BCUT2D eigenvalue weighted by Gasteiger charge is 2.43. The van der Waals surface area contributed by atoms with Gasteiger partial charge in [0.05, 0.1) is 0 Å². The van der Waals surface area contributed by atoms with E-state index in [0.717, 1.165) is 45.4 Å². The molecule has 0 aliphatic carbocycles. The van der Waals surface area contributed by atoms with Gasteiger partial charge in [0.15, 0.2) is 0 Å². The Labute approximate surface area is 140 Å². The molecule has 5 nitrogen and oxygen atoms in total. The maximum atomic E-state index is 12.8. The zero-order chi connectivity index (χ0) is 13.9. The fraction of sp³-hybridized carbons (Fsp3) is 0.929. The molecule has 2 heterocycles. The van der Waals surface area contributed by atoms with E-state index in [2.05, 4.69) is 24.3 Å². The van der Waals surface area contributed by atoms with Gasteiger partial charge in [-0.2, -0.15) is 0 Å². The van der Waals surface area contributed by atoms with Gasteiger partial charge in [0.25, 0.3) is 5.91 Å². The van der Waals surface area contributed by atoms with Gasteiger partial charge < -0.3 is 19.9 Å². The Bertz CT molecular complexity index is 323. The SMILES string of the molecule is COC1(C(=O)N2CCCC(N(C)C)C2)CCNCC1.Cl.Cl. The maximum Gasteiger partial charge on any atom is 0.254 e. The first kappa shape index (κ1) is 20.9. The summed E-state index contributed by atoms with van der Waals surface area (Å²) in [5.74, 6) is 0.197. The Hall–Kier alpha value is -0.0700. The summed E-state index contributed by atoms with van der Waals surface area (Å²) in [5, 5.41) is 3.30.